The molecule has 1 fully saturated rings. The van der Waals surface area contributed by atoms with E-state index in [0.717, 1.165) is 5.56 Å². The van der Waals surface area contributed by atoms with Gasteiger partial charge in [0.2, 0.25) is 6.41 Å². The molecule has 0 aromatic heterocycles. The summed E-state index contributed by atoms with van der Waals surface area (Å²) < 4.78 is 23.1. The SMILES string of the molecule is O=CN[C@H]1CS(=O)(=O)C[C@@H]1NCc1ccccc1. The zero-order valence-electron chi connectivity index (χ0n) is 9.87. The molecule has 1 heterocycles. The summed E-state index contributed by atoms with van der Waals surface area (Å²) in [6.07, 6.45) is 0.558. The van der Waals surface area contributed by atoms with Crippen molar-refractivity contribution >= 4 is 16.2 Å². The molecule has 0 unspecified atom stereocenters. The molecular weight excluding hydrogens is 252 g/mol. The molecule has 1 aromatic carbocycles. The lowest BCUT2D eigenvalue weighted by Gasteiger charge is -2.18. The predicted octanol–water partition coefficient (Wildman–Crippen LogP) is -0.312. The van der Waals surface area contributed by atoms with Crippen molar-refractivity contribution in [2.45, 2.75) is 18.6 Å². The highest BCUT2D eigenvalue weighted by Gasteiger charge is 2.36. The lowest BCUT2D eigenvalue weighted by Crippen LogP contribution is -2.46. The molecule has 1 aliphatic heterocycles. The monoisotopic (exact) mass is 268 g/mol. The lowest BCUT2D eigenvalue weighted by molar-refractivity contribution is -0.110. The van der Waals surface area contributed by atoms with Crippen molar-refractivity contribution in [3.63, 3.8) is 0 Å². The number of rotatable bonds is 5. The Labute approximate surface area is 107 Å². The van der Waals surface area contributed by atoms with Crippen LogP contribution in [0.1, 0.15) is 5.56 Å². The van der Waals surface area contributed by atoms with E-state index >= 15 is 0 Å². The van der Waals surface area contributed by atoms with Crippen molar-refractivity contribution in [2.24, 2.45) is 0 Å². The van der Waals surface area contributed by atoms with Gasteiger partial charge in [-0.05, 0) is 5.56 Å². The highest BCUT2D eigenvalue weighted by molar-refractivity contribution is 7.91. The Bertz CT molecular complexity index is 501. The van der Waals surface area contributed by atoms with E-state index in [-0.39, 0.29) is 23.6 Å². The zero-order chi connectivity index (χ0) is 13.0. The van der Waals surface area contributed by atoms with Gasteiger partial charge in [0.05, 0.1) is 17.5 Å². The zero-order valence-corrected chi connectivity index (χ0v) is 10.7. The molecule has 1 aromatic rings. The highest BCUT2D eigenvalue weighted by atomic mass is 32.2. The van der Waals surface area contributed by atoms with E-state index in [9.17, 15) is 13.2 Å². The van der Waals surface area contributed by atoms with Gasteiger partial charge in [-0.25, -0.2) is 8.42 Å². The number of hydrogen-bond donors (Lipinski definition) is 2. The minimum absolute atomic E-state index is 0.0121. The number of sulfone groups is 1. The first-order chi connectivity index (χ1) is 8.61. The molecule has 2 atom stereocenters. The van der Waals surface area contributed by atoms with Crippen LogP contribution in [0, 0.1) is 0 Å². The first-order valence-corrected chi connectivity index (χ1v) is 7.60. The summed E-state index contributed by atoms with van der Waals surface area (Å²) in [6.45, 7) is 0.595. The quantitative estimate of drug-likeness (QED) is 0.718. The van der Waals surface area contributed by atoms with Crippen molar-refractivity contribution in [1.82, 2.24) is 10.6 Å². The Balaban J connectivity index is 1.97. The average molecular weight is 268 g/mol. The van der Waals surface area contributed by atoms with Gasteiger partial charge >= 0.3 is 0 Å². The van der Waals surface area contributed by atoms with Gasteiger partial charge in [0.25, 0.3) is 0 Å². The van der Waals surface area contributed by atoms with Crippen LogP contribution in [0.4, 0.5) is 0 Å². The van der Waals surface area contributed by atoms with Crippen LogP contribution in [0.2, 0.25) is 0 Å². The van der Waals surface area contributed by atoms with E-state index in [1.807, 2.05) is 30.3 Å². The Morgan fingerprint density at radius 1 is 1.17 bits per heavy atom. The third-order valence-corrected chi connectivity index (χ3v) is 4.78. The Kier molecular flexibility index (Phi) is 3.98. The summed E-state index contributed by atoms with van der Waals surface area (Å²) in [4.78, 5) is 10.5. The van der Waals surface area contributed by atoms with Crippen LogP contribution in [0.5, 0.6) is 0 Å². The summed E-state index contributed by atoms with van der Waals surface area (Å²) in [5.74, 6) is 0.0868. The van der Waals surface area contributed by atoms with E-state index in [4.69, 9.17) is 0 Å². The van der Waals surface area contributed by atoms with Gasteiger partial charge in [-0.3, -0.25) is 4.79 Å². The van der Waals surface area contributed by atoms with Crippen LogP contribution in [0.15, 0.2) is 30.3 Å². The molecule has 0 bridgehead atoms. The van der Waals surface area contributed by atoms with Gasteiger partial charge in [-0.15, -0.1) is 0 Å². The summed E-state index contributed by atoms with van der Waals surface area (Å²) in [7, 11) is -3.06. The van der Waals surface area contributed by atoms with Gasteiger partial charge in [0, 0.05) is 12.6 Å². The Morgan fingerprint density at radius 3 is 2.50 bits per heavy atom. The van der Waals surface area contributed by atoms with Gasteiger partial charge in [0.15, 0.2) is 9.84 Å². The van der Waals surface area contributed by atoms with Gasteiger partial charge < -0.3 is 10.6 Å². The van der Waals surface area contributed by atoms with E-state index in [0.29, 0.717) is 13.0 Å². The predicted molar refractivity (Wildman–Crippen MR) is 68.7 cm³/mol. The van der Waals surface area contributed by atoms with E-state index in [1.165, 1.54) is 0 Å². The fraction of sp³-hybridized carbons (Fsp3) is 0.417. The number of carbonyl (C=O) groups is 1. The maximum absolute atomic E-state index is 11.5. The molecular formula is C12H16N2O3S. The summed E-state index contributed by atoms with van der Waals surface area (Å²) >= 11 is 0. The van der Waals surface area contributed by atoms with E-state index < -0.39 is 9.84 Å². The van der Waals surface area contributed by atoms with Crippen molar-refractivity contribution in [3.05, 3.63) is 35.9 Å². The molecule has 6 heteroatoms. The molecule has 0 saturated carbocycles. The molecule has 1 saturated heterocycles. The second-order valence-electron chi connectivity index (χ2n) is 4.44. The van der Waals surface area contributed by atoms with Gasteiger partial charge in [0.1, 0.15) is 0 Å². The largest absolute Gasteiger partial charge is 0.353 e. The number of hydrogen-bond acceptors (Lipinski definition) is 4. The molecule has 5 nitrogen and oxygen atoms in total. The number of amides is 1. The molecule has 98 valence electrons. The molecule has 0 radical (unpaired) electrons. The number of carbonyl (C=O) groups excluding carboxylic acids is 1. The van der Waals surface area contributed by atoms with Crippen molar-refractivity contribution in [2.75, 3.05) is 11.5 Å². The minimum atomic E-state index is -3.06. The second kappa shape index (κ2) is 5.49. The third-order valence-electron chi connectivity index (χ3n) is 3.05. The Hall–Kier alpha value is -1.40. The standard InChI is InChI=1S/C12H16N2O3S/c15-9-14-12-8-18(16,17)7-11(12)13-6-10-4-2-1-3-5-10/h1-5,9,11-13H,6-8H2,(H,14,15)/t11-,12-/m0/s1. The van der Waals surface area contributed by atoms with Crippen molar-refractivity contribution in [3.8, 4) is 0 Å². The van der Waals surface area contributed by atoms with E-state index in [2.05, 4.69) is 10.6 Å². The molecule has 2 N–H and O–H groups in total. The lowest BCUT2D eigenvalue weighted by atomic mass is 10.1. The van der Waals surface area contributed by atoms with Crippen LogP contribution in [-0.4, -0.2) is 38.4 Å². The van der Waals surface area contributed by atoms with Crippen molar-refractivity contribution in [1.29, 1.82) is 0 Å². The van der Waals surface area contributed by atoms with Crippen molar-refractivity contribution < 1.29 is 13.2 Å². The molecule has 18 heavy (non-hydrogen) atoms. The summed E-state index contributed by atoms with van der Waals surface area (Å²) in [5.41, 5.74) is 1.09. The maximum atomic E-state index is 11.5. The first-order valence-electron chi connectivity index (χ1n) is 5.78. The normalized spacial score (nSPS) is 25.8. The van der Waals surface area contributed by atoms with Crippen LogP contribution >= 0.6 is 0 Å². The Morgan fingerprint density at radius 2 is 1.83 bits per heavy atom. The molecule has 0 aliphatic carbocycles. The van der Waals surface area contributed by atoms with E-state index in [1.54, 1.807) is 0 Å². The smallest absolute Gasteiger partial charge is 0.207 e. The van der Waals surface area contributed by atoms with Crippen LogP contribution in [0.25, 0.3) is 0 Å². The van der Waals surface area contributed by atoms with Gasteiger partial charge in [-0.1, -0.05) is 30.3 Å². The summed E-state index contributed by atoms with van der Waals surface area (Å²) in [5, 5.41) is 5.75. The van der Waals surface area contributed by atoms with Crippen LogP contribution < -0.4 is 10.6 Å². The first kappa shape index (κ1) is 13.0. The molecule has 1 aliphatic rings. The molecule has 1 amide bonds. The molecule has 2 rings (SSSR count). The fourth-order valence-electron chi connectivity index (χ4n) is 2.15. The minimum Gasteiger partial charge on any atom is -0.353 e. The second-order valence-corrected chi connectivity index (χ2v) is 6.59. The summed E-state index contributed by atoms with van der Waals surface area (Å²) in [6, 6.07) is 9.18. The fourth-order valence-corrected chi connectivity index (χ4v) is 4.05. The number of benzene rings is 1. The van der Waals surface area contributed by atoms with Gasteiger partial charge in [-0.2, -0.15) is 0 Å². The number of nitrogens with one attached hydrogen (secondary N) is 2. The highest BCUT2D eigenvalue weighted by Crippen LogP contribution is 2.13. The third kappa shape index (κ3) is 3.30. The molecule has 0 spiro atoms. The van der Waals surface area contributed by atoms with Crippen LogP contribution in [-0.2, 0) is 21.2 Å². The maximum Gasteiger partial charge on any atom is 0.207 e. The average Bonchev–Trinajstić information content (AvgIpc) is 2.63. The van der Waals surface area contributed by atoms with Crippen LogP contribution in [0.3, 0.4) is 0 Å². The topological polar surface area (TPSA) is 75.3 Å².